The average Bonchev–Trinajstić information content (AvgIpc) is 2.99. The Hall–Kier alpha value is -0.870. The van der Waals surface area contributed by atoms with Gasteiger partial charge in [0, 0.05) is 24.2 Å². The lowest BCUT2D eigenvalue weighted by Gasteiger charge is -2.16. The molecule has 102 valence electrons. The standard InChI is InChI=1S/C15H18BrNO2/c1-17-14-5-4-10(7-11(14)8-15(17)18)13(16)9-12-3-2-6-19-12/h4-5,7,12-13H,2-3,6,8-9H2,1H3. The number of likely N-dealkylation sites (N-methyl/N-ethyl adjacent to an activating group) is 1. The monoisotopic (exact) mass is 323 g/mol. The molecular formula is C15H18BrNO2. The number of alkyl halides is 1. The molecule has 0 N–H and O–H groups in total. The molecule has 3 nitrogen and oxygen atoms in total. The van der Waals surface area contributed by atoms with E-state index in [4.69, 9.17) is 4.74 Å². The first-order valence-electron chi connectivity index (χ1n) is 6.80. The van der Waals surface area contributed by atoms with Gasteiger partial charge in [-0.15, -0.1) is 0 Å². The van der Waals surface area contributed by atoms with Crippen molar-refractivity contribution in [1.29, 1.82) is 0 Å². The number of carbonyl (C=O) groups excluding carboxylic acids is 1. The summed E-state index contributed by atoms with van der Waals surface area (Å²) < 4.78 is 5.68. The summed E-state index contributed by atoms with van der Waals surface area (Å²) in [5.41, 5.74) is 3.43. The highest BCUT2D eigenvalue weighted by atomic mass is 79.9. The van der Waals surface area contributed by atoms with E-state index in [1.54, 1.807) is 4.90 Å². The molecule has 0 bridgehead atoms. The first-order chi connectivity index (χ1) is 9.15. The first-order valence-corrected chi connectivity index (χ1v) is 7.72. The van der Waals surface area contributed by atoms with Crippen LogP contribution in [-0.2, 0) is 16.0 Å². The van der Waals surface area contributed by atoms with Crippen molar-refractivity contribution < 1.29 is 9.53 Å². The maximum atomic E-state index is 11.7. The van der Waals surface area contributed by atoms with E-state index in [0.29, 0.717) is 17.4 Å². The fourth-order valence-corrected chi connectivity index (χ4v) is 3.58. The maximum absolute atomic E-state index is 11.7. The van der Waals surface area contributed by atoms with Crippen molar-refractivity contribution in [2.45, 2.75) is 36.6 Å². The molecular weight excluding hydrogens is 306 g/mol. The average molecular weight is 324 g/mol. The molecule has 2 atom stereocenters. The highest BCUT2D eigenvalue weighted by Crippen LogP contribution is 2.36. The van der Waals surface area contributed by atoms with Crippen molar-refractivity contribution >= 4 is 27.5 Å². The van der Waals surface area contributed by atoms with Crippen LogP contribution in [0.5, 0.6) is 0 Å². The van der Waals surface area contributed by atoms with Gasteiger partial charge >= 0.3 is 0 Å². The predicted molar refractivity (Wildman–Crippen MR) is 78.8 cm³/mol. The number of rotatable bonds is 3. The maximum Gasteiger partial charge on any atom is 0.231 e. The number of benzene rings is 1. The third-order valence-electron chi connectivity index (χ3n) is 4.04. The Bertz CT molecular complexity index is 497. The highest BCUT2D eigenvalue weighted by molar-refractivity contribution is 9.09. The molecule has 0 saturated carbocycles. The van der Waals surface area contributed by atoms with Crippen molar-refractivity contribution in [1.82, 2.24) is 0 Å². The molecule has 2 aliphatic rings. The molecule has 1 aromatic rings. The molecule has 2 unspecified atom stereocenters. The van der Waals surface area contributed by atoms with Gasteiger partial charge in [-0.2, -0.15) is 0 Å². The number of anilines is 1. The van der Waals surface area contributed by atoms with Crippen molar-refractivity contribution in [2.75, 3.05) is 18.6 Å². The fraction of sp³-hybridized carbons (Fsp3) is 0.533. The Morgan fingerprint density at radius 2 is 2.37 bits per heavy atom. The van der Waals surface area contributed by atoms with E-state index in [-0.39, 0.29) is 5.91 Å². The molecule has 1 saturated heterocycles. The smallest absolute Gasteiger partial charge is 0.231 e. The van der Waals surface area contributed by atoms with Crippen molar-refractivity contribution in [3.05, 3.63) is 29.3 Å². The summed E-state index contributed by atoms with van der Waals surface area (Å²) in [6.45, 7) is 0.897. The van der Waals surface area contributed by atoms with E-state index in [1.165, 1.54) is 12.0 Å². The van der Waals surface area contributed by atoms with Gasteiger partial charge in [0.05, 0.1) is 12.5 Å². The molecule has 1 amide bonds. The Morgan fingerprint density at radius 1 is 1.53 bits per heavy atom. The van der Waals surface area contributed by atoms with Crippen LogP contribution < -0.4 is 4.90 Å². The molecule has 4 heteroatoms. The number of nitrogens with zero attached hydrogens (tertiary/aromatic N) is 1. The van der Waals surface area contributed by atoms with Crippen LogP contribution in [0.15, 0.2) is 18.2 Å². The summed E-state index contributed by atoms with van der Waals surface area (Å²) in [6.07, 6.45) is 4.24. The van der Waals surface area contributed by atoms with Crippen LogP contribution in [-0.4, -0.2) is 25.7 Å². The highest BCUT2D eigenvalue weighted by Gasteiger charge is 2.26. The van der Waals surface area contributed by atoms with Crippen LogP contribution in [0.2, 0.25) is 0 Å². The molecule has 3 rings (SSSR count). The minimum absolute atomic E-state index is 0.178. The summed E-state index contributed by atoms with van der Waals surface area (Å²) in [5.74, 6) is 0.178. The number of ether oxygens (including phenoxy) is 1. The zero-order valence-corrected chi connectivity index (χ0v) is 12.6. The second-order valence-corrected chi connectivity index (χ2v) is 6.46. The lowest BCUT2D eigenvalue weighted by Crippen LogP contribution is -2.20. The number of fused-ring (bicyclic) bond motifs is 1. The van der Waals surface area contributed by atoms with E-state index in [2.05, 4.69) is 34.1 Å². The van der Waals surface area contributed by atoms with Crippen molar-refractivity contribution in [3.8, 4) is 0 Å². The third-order valence-corrected chi connectivity index (χ3v) is 4.94. The SMILES string of the molecule is CN1C(=O)Cc2cc(C(Br)CC3CCCO3)ccc21. The van der Waals surface area contributed by atoms with Crippen LogP contribution in [0.25, 0.3) is 0 Å². The zero-order valence-electron chi connectivity index (χ0n) is 11.1. The summed E-state index contributed by atoms with van der Waals surface area (Å²) in [6, 6.07) is 6.33. The molecule has 2 heterocycles. The number of carbonyl (C=O) groups is 1. The van der Waals surface area contributed by atoms with Crippen molar-refractivity contribution in [2.24, 2.45) is 0 Å². The third kappa shape index (κ3) is 2.56. The minimum Gasteiger partial charge on any atom is -0.378 e. The Balaban J connectivity index is 1.75. The van der Waals surface area contributed by atoms with Gasteiger partial charge < -0.3 is 9.64 Å². The van der Waals surface area contributed by atoms with Gasteiger partial charge in [-0.25, -0.2) is 0 Å². The molecule has 1 fully saturated rings. The Morgan fingerprint density at radius 3 is 3.11 bits per heavy atom. The summed E-state index contributed by atoms with van der Waals surface area (Å²) >= 11 is 3.76. The minimum atomic E-state index is 0.178. The number of hydrogen-bond donors (Lipinski definition) is 0. The van der Waals surface area contributed by atoms with Crippen LogP contribution >= 0.6 is 15.9 Å². The van der Waals surface area contributed by atoms with Crippen molar-refractivity contribution in [3.63, 3.8) is 0 Å². The van der Waals surface area contributed by atoms with Crippen LogP contribution in [0.4, 0.5) is 5.69 Å². The second kappa shape index (κ2) is 5.25. The molecule has 0 spiro atoms. The number of hydrogen-bond acceptors (Lipinski definition) is 2. The van der Waals surface area contributed by atoms with E-state index >= 15 is 0 Å². The van der Waals surface area contributed by atoms with Crippen LogP contribution in [0.1, 0.15) is 35.2 Å². The van der Waals surface area contributed by atoms with Crippen LogP contribution in [0.3, 0.4) is 0 Å². The molecule has 0 aliphatic carbocycles. The summed E-state index contributed by atoms with van der Waals surface area (Å²) in [7, 11) is 1.84. The Kier molecular flexibility index (Phi) is 3.63. The second-order valence-electron chi connectivity index (χ2n) is 5.36. The van der Waals surface area contributed by atoms with Gasteiger partial charge in [0.25, 0.3) is 0 Å². The predicted octanol–water partition coefficient (Wildman–Crippen LogP) is 3.21. The summed E-state index contributed by atoms with van der Waals surface area (Å²) in [5, 5.41) is 0. The number of amides is 1. The largest absolute Gasteiger partial charge is 0.378 e. The summed E-state index contributed by atoms with van der Waals surface area (Å²) in [4.78, 5) is 13.7. The van der Waals surface area contributed by atoms with E-state index in [1.807, 2.05) is 7.05 Å². The fourth-order valence-electron chi connectivity index (χ4n) is 2.88. The van der Waals surface area contributed by atoms with Crippen LogP contribution in [0, 0.1) is 0 Å². The van der Waals surface area contributed by atoms with Gasteiger partial charge in [-0.3, -0.25) is 4.79 Å². The molecule has 1 aromatic carbocycles. The molecule has 0 aromatic heterocycles. The van der Waals surface area contributed by atoms with E-state index in [0.717, 1.165) is 30.7 Å². The Labute approximate surface area is 122 Å². The first kappa shape index (κ1) is 13.1. The van der Waals surface area contributed by atoms with Gasteiger partial charge in [-0.1, -0.05) is 28.1 Å². The lowest BCUT2D eigenvalue weighted by atomic mass is 10.0. The van der Waals surface area contributed by atoms with Gasteiger partial charge in [0.1, 0.15) is 0 Å². The quantitative estimate of drug-likeness (QED) is 0.799. The van der Waals surface area contributed by atoms with E-state index < -0.39 is 0 Å². The van der Waals surface area contributed by atoms with Gasteiger partial charge in [0.2, 0.25) is 5.91 Å². The normalized spacial score (nSPS) is 23.8. The van der Waals surface area contributed by atoms with Gasteiger partial charge in [0.15, 0.2) is 0 Å². The molecule has 2 aliphatic heterocycles. The van der Waals surface area contributed by atoms with Gasteiger partial charge in [-0.05, 0) is 36.5 Å². The molecule has 0 radical (unpaired) electrons. The lowest BCUT2D eigenvalue weighted by molar-refractivity contribution is -0.117. The zero-order chi connectivity index (χ0) is 13.4. The molecule has 19 heavy (non-hydrogen) atoms. The number of halogens is 1. The van der Waals surface area contributed by atoms with E-state index in [9.17, 15) is 4.79 Å². The topological polar surface area (TPSA) is 29.5 Å².